The highest BCUT2D eigenvalue weighted by Gasteiger charge is 2.48. The topological polar surface area (TPSA) is 41.5 Å². The number of aliphatic hydroxyl groups excluding tert-OH is 1. The van der Waals surface area contributed by atoms with Crippen LogP contribution in [-0.4, -0.2) is 16.7 Å². The summed E-state index contributed by atoms with van der Waals surface area (Å²) >= 11 is 0. The average Bonchev–Trinajstić information content (AvgIpc) is 3.18. The van der Waals surface area contributed by atoms with Gasteiger partial charge in [0.2, 0.25) is 0 Å². The second-order valence-electron chi connectivity index (χ2n) is 9.71. The van der Waals surface area contributed by atoms with E-state index in [-0.39, 0.29) is 11.5 Å². The van der Waals surface area contributed by atoms with E-state index >= 15 is 0 Å². The van der Waals surface area contributed by atoms with Gasteiger partial charge in [0.15, 0.2) is 0 Å². The van der Waals surface area contributed by atoms with E-state index in [0.717, 1.165) is 36.1 Å². The molecule has 2 bridgehead atoms. The molecule has 3 heteroatoms. The predicted molar refractivity (Wildman–Crippen MR) is 134 cm³/mol. The van der Waals surface area contributed by atoms with E-state index in [4.69, 9.17) is 4.74 Å². The summed E-state index contributed by atoms with van der Waals surface area (Å²) in [6, 6.07) is 29.2. The van der Waals surface area contributed by atoms with E-state index in [0.29, 0.717) is 12.6 Å². The van der Waals surface area contributed by atoms with Gasteiger partial charge >= 0.3 is 0 Å². The number of piperidine rings is 1. The molecule has 2 aliphatic rings. The van der Waals surface area contributed by atoms with Crippen LogP contribution in [0.2, 0.25) is 0 Å². The molecule has 0 aliphatic carbocycles. The van der Waals surface area contributed by atoms with Crippen molar-refractivity contribution in [2.24, 2.45) is 5.92 Å². The minimum atomic E-state index is -0.518. The highest BCUT2D eigenvalue weighted by Crippen LogP contribution is 2.47. The molecule has 0 spiro atoms. The summed E-state index contributed by atoms with van der Waals surface area (Å²) in [5.74, 6) is 0.934. The van der Waals surface area contributed by atoms with Crippen molar-refractivity contribution in [2.75, 3.05) is 0 Å². The summed E-state index contributed by atoms with van der Waals surface area (Å²) < 4.78 is 5.92. The quantitative estimate of drug-likeness (QED) is 0.454. The van der Waals surface area contributed by atoms with Crippen LogP contribution in [0.5, 0.6) is 5.75 Å². The Morgan fingerprint density at radius 1 is 1.00 bits per heavy atom. The van der Waals surface area contributed by atoms with Crippen molar-refractivity contribution in [3.05, 3.63) is 107 Å². The normalized spacial score (nSPS) is 25.0. The minimum absolute atomic E-state index is 0.0502. The van der Waals surface area contributed by atoms with Crippen molar-refractivity contribution < 1.29 is 9.84 Å². The first-order valence-corrected chi connectivity index (χ1v) is 12.1. The van der Waals surface area contributed by atoms with Gasteiger partial charge in [0.25, 0.3) is 0 Å². The molecule has 0 aromatic heterocycles. The van der Waals surface area contributed by atoms with Crippen LogP contribution in [-0.2, 0) is 6.61 Å². The summed E-state index contributed by atoms with van der Waals surface area (Å²) in [5.41, 5.74) is 4.81. The molecule has 4 atom stereocenters. The number of ether oxygens (including phenoxy) is 1. The molecule has 2 saturated heterocycles. The van der Waals surface area contributed by atoms with Crippen LogP contribution in [0.15, 0.2) is 90.5 Å². The minimum Gasteiger partial charge on any atom is -0.489 e. The first kappa shape index (κ1) is 21.9. The molecule has 0 radical (unpaired) electrons. The second kappa shape index (κ2) is 9.54. The molecule has 5 rings (SSSR count). The van der Waals surface area contributed by atoms with Gasteiger partial charge in [0.05, 0.1) is 6.10 Å². The fourth-order valence-corrected chi connectivity index (χ4v) is 5.58. The van der Waals surface area contributed by atoms with Crippen molar-refractivity contribution in [3.8, 4) is 5.75 Å². The molecule has 2 aliphatic heterocycles. The maximum Gasteiger partial charge on any atom is 0.119 e. The third-order valence-corrected chi connectivity index (χ3v) is 7.47. The van der Waals surface area contributed by atoms with Gasteiger partial charge < -0.3 is 15.2 Å². The zero-order valence-corrected chi connectivity index (χ0v) is 19.3. The Bertz CT molecular complexity index is 1080. The number of aliphatic hydroxyl groups is 1. The van der Waals surface area contributed by atoms with E-state index < -0.39 is 6.10 Å². The lowest BCUT2D eigenvalue weighted by Gasteiger charge is -2.43. The van der Waals surface area contributed by atoms with E-state index in [9.17, 15) is 5.11 Å². The molecular formula is C30H33NO2. The maximum atomic E-state index is 11.3. The van der Waals surface area contributed by atoms with Crippen LogP contribution < -0.4 is 10.1 Å². The molecule has 170 valence electrons. The molecular weight excluding hydrogens is 406 g/mol. The van der Waals surface area contributed by atoms with Gasteiger partial charge in [-0.15, -0.1) is 0 Å². The number of fused-ring (bicyclic) bond motifs is 2. The summed E-state index contributed by atoms with van der Waals surface area (Å²) in [6.07, 6.45) is 6.22. The summed E-state index contributed by atoms with van der Waals surface area (Å²) in [4.78, 5) is 0. The average molecular weight is 440 g/mol. The van der Waals surface area contributed by atoms with Crippen LogP contribution >= 0.6 is 0 Å². The van der Waals surface area contributed by atoms with Crippen LogP contribution in [0.4, 0.5) is 0 Å². The van der Waals surface area contributed by atoms with E-state index in [1.54, 1.807) is 0 Å². The third-order valence-electron chi connectivity index (χ3n) is 7.47. The molecule has 2 heterocycles. The number of benzene rings is 3. The fourth-order valence-electron chi connectivity index (χ4n) is 5.58. The van der Waals surface area contributed by atoms with E-state index in [2.05, 4.69) is 60.8 Å². The standard InChI is InChI=1S/C30H33NO2/c1-22(29(32)26-12-14-28(15-13-26)33-21-24-10-6-3-7-11-24)30-17-16-27(31-30)19-25(20-30)18-23-8-4-2-5-9-23/h2-15,18,22,27,29,31-32H,16-17,19-21H2,1H3/t22-,27?,29-,30?/m0/s1. The summed E-state index contributed by atoms with van der Waals surface area (Å²) in [5, 5.41) is 15.2. The largest absolute Gasteiger partial charge is 0.489 e. The number of nitrogens with one attached hydrogen (secondary N) is 1. The van der Waals surface area contributed by atoms with Crippen molar-refractivity contribution >= 4 is 6.08 Å². The van der Waals surface area contributed by atoms with Crippen LogP contribution in [0, 0.1) is 5.92 Å². The molecule has 0 saturated carbocycles. The lowest BCUT2D eigenvalue weighted by atomic mass is 9.73. The van der Waals surface area contributed by atoms with E-state index in [1.165, 1.54) is 17.6 Å². The molecule has 3 nitrogen and oxygen atoms in total. The lowest BCUT2D eigenvalue weighted by Crippen LogP contribution is -2.53. The highest BCUT2D eigenvalue weighted by molar-refractivity contribution is 5.54. The van der Waals surface area contributed by atoms with Gasteiger partial charge in [0, 0.05) is 17.5 Å². The zero-order valence-electron chi connectivity index (χ0n) is 19.3. The summed E-state index contributed by atoms with van der Waals surface area (Å²) in [6.45, 7) is 2.75. The van der Waals surface area contributed by atoms with Crippen molar-refractivity contribution in [1.82, 2.24) is 5.32 Å². The SMILES string of the molecule is C[C@@H]([C@H](O)c1ccc(OCc2ccccc2)cc1)C12CCC(CC(=Cc3ccccc3)C1)N2. The fraction of sp³-hybridized carbons (Fsp3) is 0.333. The van der Waals surface area contributed by atoms with Gasteiger partial charge in [-0.25, -0.2) is 0 Å². The van der Waals surface area contributed by atoms with Crippen LogP contribution in [0.3, 0.4) is 0 Å². The number of rotatable bonds is 7. The Labute approximate surface area is 197 Å². The molecule has 2 unspecified atom stereocenters. The molecule has 0 amide bonds. The predicted octanol–water partition coefficient (Wildman–Crippen LogP) is 6.30. The van der Waals surface area contributed by atoms with Crippen LogP contribution in [0.25, 0.3) is 6.08 Å². The molecule has 33 heavy (non-hydrogen) atoms. The third kappa shape index (κ3) is 4.90. The monoisotopic (exact) mass is 439 g/mol. The molecule has 2 fully saturated rings. The molecule has 3 aromatic carbocycles. The van der Waals surface area contributed by atoms with Crippen molar-refractivity contribution in [3.63, 3.8) is 0 Å². The van der Waals surface area contributed by atoms with Gasteiger partial charge in [-0.05, 0) is 54.5 Å². The number of hydrogen-bond acceptors (Lipinski definition) is 3. The Kier molecular flexibility index (Phi) is 6.34. The Hall–Kier alpha value is -2.88. The molecule has 2 N–H and O–H groups in total. The highest BCUT2D eigenvalue weighted by atomic mass is 16.5. The maximum absolute atomic E-state index is 11.3. The lowest BCUT2D eigenvalue weighted by molar-refractivity contribution is 0.0529. The Balaban J connectivity index is 1.27. The van der Waals surface area contributed by atoms with Gasteiger partial charge in [-0.2, -0.15) is 0 Å². The zero-order chi connectivity index (χ0) is 22.7. The summed E-state index contributed by atoms with van der Waals surface area (Å²) in [7, 11) is 0. The van der Waals surface area contributed by atoms with Crippen molar-refractivity contribution in [1.29, 1.82) is 0 Å². The van der Waals surface area contributed by atoms with E-state index in [1.807, 2.05) is 42.5 Å². The van der Waals surface area contributed by atoms with Gasteiger partial charge in [-0.3, -0.25) is 0 Å². The Morgan fingerprint density at radius 3 is 2.42 bits per heavy atom. The smallest absolute Gasteiger partial charge is 0.119 e. The van der Waals surface area contributed by atoms with Crippen LogP contribution in [0.1, 0.15) is 55.4 Å². The molecule has 3 aromatic rings. The Morgan fingerprint density at radius 2 is 1.70 bits per heavy atom. The first-order valence-electron chi connectivity index (χ1n) is 12.1. The first-order chi connectivity index (χ1) is 16.1. The van der Waals surface area contributed by atoms with Gasteiger partial charge in [0.1, 0.15) is 12.4 Å². The second-order valence-corrected chi connectivity index (χ2v) is 9.71. The van der Waals surface area contributed by atoms with Gasteiger partial charge in [-0.1, -0.05) is 91.4 Å². The van der Waals surface area contributed by atoms with Crippen molar-refractivity contribution in [2.45, 2.75) is 56.9 Å². The number of hydrogen-bond donors (Lipinski definition) is 2.